The summed E-state index contributed by atoms with van der Waals surface area (Å²) in [5.41, 5.74) is 0. The summed E-state index contributed by atoms with van der Waals surface area (Å²) in [5.74, 6) is 0. The molecule has 0 aromatic rings. The number of morpholine rings is 1. The van der Waals surface area contributed by atoms with Gasteiger partial charge in [0.15, 0.2) is 0 Å². The van der Waals surface area contributed by atoms with E-state index < -0.39 is 0 Å². The van der Waals surface area contributed by atoms with Crippen LogP contribution in [0.4, 0.5) is 4.79 Å². The highest BCUT2D eigenvalue weighted by Crippen LogP contribution is 1.96. The first-order chi connectivity index (χ1) is 6.34. The van der Waals surface area contributed by atoms with Crippen LogP contribution in [0.5, 0.6) is 0 Å². The summed E-state index contributed by atoms with van der Waals surface area (Å²) in [6.07, 6.45) is 2.17. The molecule has 1 aliphatic heterocycles. The van der Waals surface area contributed by atoms with Gasteiger partial charge in [0.1, 0.15) is 0 Å². The predicted molar refractivity (Wildman–Crippen MR) is 50.7 cm³/mol. The molecular weight excluding hydrogens is 168 g/mol. The summed E-state index contributed by atoms with van der Waals surface area (Å²) < 4.78 is 5.15. The number of ether oxygens (including phenoxy) is 1. The van der Waals surface area contributed by atoms with Gasteiger partial charge in [-0.05, 0) is 6.42 Å². The number of hydrogen-bond acceptors (Lipinski definition) is 2. The molecule has 0 bridgehead atoms. The van der Waals surface area contributed by atoms with Crippen LogP contribution in [-0.2, 0) is 4.74 Å². The van der Waals surface area contributed by atoms with Gasteiger partial charge in [0.05, 0.1) is 13.2 Å². The molecule has 0 aliphatic carbocycles. The molecule has 0 aromatic heterocycles. The van der Waals surface area contributed by atoms with Crippen molar-refractivity contribution in [2.24, 2.45) is 0 Å². The maximum atomic E-state index is 11.4. The average molecular weight is 186 g/mol. The molecule has 1 fully saturated rings. The molecule has 2 amide bonds. The minimum Gasteiger partial charge on any atom is -0.378 e. The lowest BCUT2D eigenvalue weighted by Gasteiger charge is -2.26. The Labute approximate surface area is 79.2 Å². The monoisotopic (exact) mass is 186 g/mol. The quantitative estimate of drug-likeness (QED) is 0.663. The largest absolute Gasteiger partial charge is 0.378 e. The third-order valence-corrected chi connectivity index (χ3v) is 2.10. The molecule has 0 saturated carbocycles. The van der Waals surface area contributed by atoms with Gasteiger partial charge in [-0.2, -0.15) is 0 Å². The number of rotatable bonds is 3. The zero-order valence-electron chi connectivity index (χ0n) is 8.21. The number of hydrogen-bond donors (Lipinski definition) is 1. The lowest BCUT2D eigenvalue weighted by molar-refractivity contribution is 0.0532. The molecule has 1 heterocycles. The van der Waals surface area contributed by atoms with E-state index in [9.17, 15) is 4.79 Å². The van der Waals surface area contributed by atoms with Crippen molar-refractivity contribution in [3.63, 3.8) is 0 Å². The van der Waals surface area contributed by atoms with Gasteiger partial charge in [-0.25, -0.2) is 4.79 Å². The predicted octanol–water partition coefficient (Wildman–Crippen LogP) is 0.828. The van der Waals surface area contributed by atoms with Crippen LogP contribution in [0.1, 0.15) is 19.8 Å². The van der Waals surface area contributed by atoms with Gasteiger partial charge in [-0.15, -0.1) is 0 Å². The second-order valence-electron chi connectivity index (χ2n) is 3.18. The summed E-state index contributed by atoms with van der Waals surface area (Å²) in [6, 6.07) is 0.0525. The number of nitrogens with zero attached hydrogens (tertiary/aromatic N) is 1. The highest BCUT2D eigenvalue weighted by molar-refractivity contribution is 5.74. The van der Waals surface area contributed by atoms with Crippen molar-refractivity contribution in [2.75, 3.05) is 32.8 Å². The highest BCUT2D eigenvalue weighted by atomic mass is 16.5. The number of unbranched alkanes of at least 4 members (excludes halogenated alkanes) is 1. The SMILES string of the molecule is CCCCNC(=O)N1CCOCC1. The molecule has 1 rings (SSSR count). The minimum absolute atomic E-state index is 0.0525. The maximum absolute atomic E-state index is 11.4. The molecule has 0 unspecified atom stereocenters. The standard InChI is InChI=1S/C9H18N2O2/c1-2-3-4-10-9(12)11-5-7-13-8-6-11/h2-8H2,1H3,(H,10,12). The average Bonchev–Trinajstić information content (AvgIpc) is 2.19. The number of nitrogens with one attached hydrogen (secondary N) is 1. The maximum Gasteiger partial charge on any atom is 0.317 e. The van der Waals surface area contributed by atoms with Crippen LogP contribution in [0.3, 0.4) is 0 Å². The van der Waals surface area contributed by atoms with Gasteiger partial charge in [0.2, 0.25) is 0 Å². The fourth-order valence-electron chi connectivity index (χ4n) is 1.25. The van der Waals surface area contributed by atoms with Crippen LogP contribution < -0.4 is 5.32 Å². The summed E-state index contributed by atoms with van der Waals surface area (Å²) in [6.45, 7) is 5.67. The topological polar surface area (TPSA) is 41.6 Å². The zero-order chi connectivity index (χ0) is 9.52. The second kappa shape index (κ2) is 5.80. The Morgan fingerprint density at radius 1 is 1.46 bits per heavy atom. The van der Waals surface area contributed by atoms with Crippen LogP contribution >= 0.6 is 0 Å². The van der Waals surface area contributed by atoms with Gasteiger partial charge in [0.25, 0.3) is 0 Å². The first-order valence-corrected chi connectivity index (χ1v) is 4.95. The summed E-state index contributed by atoms with van der Waals surface area (Å²) in [5, 5.41) is 2.88. The van der Waals surface area contributed by atoms with E-state index in [0.29, 0.717) is 13.2 Å². The fraction of sp³-hybridized carbons (Fsp3) is 0.889. The molecule has 13 heavy (non-hydrogen) atoms. The van der Waals surface area contributed by atoms with Crippen LogP contribution in [0.2, 0.25) is 0 Å². The Morgan fingerprint density at radius 3 is 2.77 bits per heavy atom. The molecule has 1 N–H and O–H groups in total. The van der Waals surface area contributed by atoms with Gasteiger partial charge >= 0.3 is 6.03 Å². The molecule has 4 nitrogen and oxygen atoms in total. The molecular formula is C9H18N2O2. The van der Waals surface area contributed by atoms with E-state index >= 15 is 0 Å². The van der Waals surface area contributed by atoms with Crippen molar-refractivity contribution < 1.29 is 9.53 Å². The first kappa shape index (κ1) is 10.3. The van der Waals surface area contributed by atoms with E-state index in [1.54, 1.807) is 4.90 Å². The zero-order valence-corrected chi connectivity index (χ0v) is 8.21. The number of carbonyl (C=O) groups is 1. The summed E-state index contributed by atoms with van der Waals surface area (Å²) in [7, 11) is 0. The lowest BCUT2D eigenvalue weighted by Crippen LogP contribution is -2.46. The smallest absolute Gasteiger partial charge is 0.317 e. The van der Waals surface area contributed by atoms with Gasteiger partial charge in [-0.3, -0.25) is 0 Å². The Hall–Kier alpha value is -0.770. The molecule has 0 aromatic carbocycles. The molecule has 0 atom stereocenters. The Kier molecular flexibility index (Phi) is 4.60. The van der Waals surface area contributed by atoms with E-state index in [2.05, 4.69) is 12.2 Å². The number of amides is 2. The summed E-state index contributed by atoms with van der Waals surface area (Å²) in [4.78, 5) is 13.2. The van der Waals surface area contributed by atoms with Crippen molar-refractivity contribution in [2.45, 2.75) is 19.8 Å². The minimum atomic E-state index is 0.0525. The molecule has 0 radical (unpaired) electrons. The molecule has 4 heteroatoms. The van der Waals surface area contributed by atoms with Gasteiger partial charge in [-0.1, -0.05) is 13.3 Å². The normalized spacial score (nSPS) is 17.2. The van der Waals surface area contributed by atoms with Crippen molar-refractivity contribution in [3.05, 3.63) is 0 Å². The molecule has 76 valence electrons. The lowest BCUT2D eigenvalue weighted by atomic mass is 10.3. The number of carbonyl (C=O) groups excluding carboxylic acids is 1. The van der Waals surface area contributed by atoms with E-state index in [4.69, 9.17) is 4.74 Å². The van der Waals surface area contributed by atoms with E-state index in [1.807, 2.05) is 0 Å². The van der Waals surface area contributed by atoms with Crippen LogP contribution in [0, 0.1) is 0 Å². The Balaban J connectivity index is 2.13. The van der Waals surface area contributed by atoms with Gasteiger partial charge < -0.3 is 15.0 Å². The molecule has 1 aliphatic rings. The van der Waals surface area contributed by atoms with E-state index in [1.165, 1.54) is 0 Å². The third-order valence-electron chi connectivity index (χ3n) is 2.10. The van der Waals surface area contributed by atoms with Crippen molar-refractivity contribution in [1.29, 1.82) is 0 Å². The molecule has 1 saturated heterocycles. The number of urea groups is 1. The van der Waals surface area contributed by atoms with Crippen LogP contribution in [0.15, 0.2) is 0 Å². The van der Waals surface area contributed by atoms with Crippen molar-refractivity contribution >= 4 is 6.03 Å². The third kappa shape index (κ3) is 3.63. The van der Waals surface area contributed by atoms with Gasteiger partial charge in [0, 0.05) is 19.6 Å². The Morgan fingerprint density at radius 2 is 2.15 bits per heavy atom. The van der Waals surface area contributed by atoms with E-state index in [-0.39, 0.29) is 6.03 Å². The fourth-order valence-corrected chi connectivity index (χ4v) is 1.25. The summed E-state index contributed by atoms with van der Waals surface area (Å²) >= 11 is 0. The van der Waals surface area contributed by atoms with Crippen LogP contribution in [-0.4, -0.2) is 43.8 Å². The Bertz CT molecular complexity index is 156. The highest BCUT2D eigenvalue weighted by Gasteiger charge is 2.15. The van der Waals surface area contributed by atoms with Crippen molar-refractivity contribution in [3.8, 4) is 0 Å². The van der Waals surface area contributed by atoms with E-state index in [0.717, 1.165) is 32.5 Å². The second-order valence-corrected chi connectivity index (χ2v) is 3.18. The first-order valence-electron chi connectivity index (χ1n) is 4.95. The van der Waals surface area contributed by atoms with Crippen molar-refractivity contribution in [1.82, 2.24) is 10.2 Å². The molecule has 0 spiro atoms. The van der Waals surface area contributed by atoms with Crippen LogP contribution in [0.25, 0.3) is 0 Å².